The SMILES string of the molecule is Cc1ccc(OCC(=O)Nc2ccc(N)cc2Cl)cc1F. The van der Waals surface area contributed by atoms with Crippen LogP contribution in [0.4, 0.5) is 15.8 Å². The van der Waals surface area contributed by atoms with E-state index < -0.39 is 5.91 Å². The van der Waals surface area contributed by atoms with Gasteiger partial charge < -0.3 is 15.8 Å². The fraction of sp³-hybridized carbons (Fsp3) is 0.133. The molecule has 0 atom stereocenters. The number of carbonyl (C=O) groups is 1. The van der Waals surface area contributed by atoms with Crippen LogP contribution in [0.1, 0.15) is 5.56 Å². The van der Waals surface area contributed by atoms with E-state index in [1.807, 2.05) is 0 Å². The predicted octanol–water partition coefficient (Wildman–Crippen LogP) is 3.39. The minimum Gasteiger partial charge on any atom is -0.484 e. The van der Waals surface area contributed by atoms with Gasteiger partial charge in [0.1, 0.15) is 11.6 Å². The number of nitrogens with two attached hydrogens (primary N) is 1. The second-order valence-electron chi connectivity index (χ2n) is 4.49. The summed E-state index contributed by atoms with van der Waals surface area (Å²) in [4.78, 5) is 11.8. The summed E-state index contributed by atoms with van der Waals surface area (Å²) >= 11 is 5.94. The maximum absolute atomic E-state index is 13.3. The van der Waals surface area contributed by atoms with Gasteiger partial charge in [0.25, 0.3) is 5.91 Å². The molecule has 1 amide bonds. The molecule has 0 unspecified atom stereocenters. The van der Waals surface area contributed by atoms with Gasteiger partial charge in [-0.3, -0.25) is 4.79 Å². The molecule has 6 heteroatoms. The number of carbonyl (C=O) groups excluding carboxylic acids is 1. The van der Waals surface area contributed by atoms with Crippen molar-refractivity contribution < 1.29 is 13.9 Å². The number of halogens is 2. The van der Waals surface area contributed by atoms with Crippen LogP contribution in [-0.4, -0.2) is 12.5 Å². The third kappa shape index (κ3) is 4.10. The molecular formula is C15H14ClFN2O2. The monoisotopic (exact) mass is 308 g/mol. The van der Waals surface area contributed by atoms with E-state index in [-0.39, 0.29) is 18.2 Å². The van der Waals surface area contributed by atoms with E-state index >= 15 is 0 Å². The van der Waals surface area contributed by atoms with Crippen molar-refractivity contribution in [2.24, 2.45) is 0 Å². The highest BCUT2D eigenvalue weighted by Gasteiger charge is 2.08. The van der Waals surface area contributed by atoms with Crippen LogP contribution in [0, 0.1) is 12.7 Å². The Kier molecular flexibility index (Phi) is 4.65. The summed E-state index contributed by atoms with van der Waals surface area (Å²) in [5.41, 5.74) is 7.02. The normalized spacial score (nSPS) is 10.2. The Balaban J connectivity index is 1.94. The first kappa shape index (κ1) is 15.1. The van der Waals surface area contributed by atoms with E-state index in [1.165, 1.54) is 12.1 Å². The molecule has 21 heavy (non-hydrogen) atoms. The molecule has 2 aromatic carbocycles. The summed E-state index contributed by atoms with van der Waals surface area (Å²) in [6.07, 6.45) is 0. The fourth-order valence-electron chi connectivity index (χ4n) is 1.63. The van der Waals surface area contributed by atoms with Crippen LogP contribution < -0.4 is 15.8 Å². The van der Waals surface area contributed by atoms with E-state index in [0.29, 0.717) is 22.0 Å². The molecule has 2 aromatic rings. The molecule has 0 aliphatic heterocycles. The quantitative estimate of drug-likeness (QED) is 0.851. The van der Waals surface area contributed by atoms with Crippen LogP contribution in [0.25, 0.3) is 0 Å². The molecule has 3 N–H and O–H groups in total. The third-order valence-corrected chi connectivity index (χ3v) is 3.09. The Morgan fingerprint density at radius 3 is 2.76 bits per heavy atom. The molecule has 0 radical (unpaired) electrons. The van der Waals surface area contributed by atoms with Gasteiger partial charge in [0, 0.05) is 11.8 Å². The second-order valence-corrected chi connectivity index (χ2v) is 4.89. The van der Waals surface area contributed by atoms with E-state index in [2.05, 4.69) is 5.32 Å². The summed E-state index contributed by atoms with van der Waals surface area (Å²) in [7, 11) is 0. The fourth-order valence-corrected chi connectivity index (χ4v) is 1.87. The molecule has 4 nitrogen and oxygen atoms in total. The number of nitrogens with one attached hydrogen (secondary N) is 1. The zero-order valence-electron chi connectivity index (χ0n) is 11.3. The number of hydrogen-bond donors (Lipinski definition) is 2. The van der Waals surface area contributed by atoms with Crippen LogP contribution in [0.3, 0.4) is 0 Å². The van der Waals surface area contributed by atoms with Gasteiger partial charge in [0.15, 0.2) is 6.61 Å². The van der Waals surface area contributed by atoms with Gasteiger partial charge in [-0.2, -0.15) is 0 Å². The second kappa shape index (κ2) is 6.45. The van der Waals surface area contributed by atoms with Crippen molar-refractivity contribution in [2.75, 3.05) is 17.7 Å². The molecule has 0 aromatic heterocycles. The van der Waals surface area contributed by atoms with Crippen molar-refractivity contribution in [3.8, 4) is 5.75 Å². The summed E-state index contributed by atoms with van der Waals surface area (Å²) < 4.78 is 18.6. The maximum Gasteiger partial charge on any atom is 0.262 e. The van der Waals surface area contributed by atoms with Crippen LogP contribution in [0.15, 0.2) is 36.4 Å². The van der Waals surface area contributed by atoms with Gasteiger partial charge in [-0.25, -0.2) is 4.39 Å². The molecule has 0 bridgehead atoms. The summed E-state index contributed by atoms with van der Waals surface area (Å²) in [5.74, 6) is -0.492. The highest BCUT2D eigenvalue weighted by molar-refractivity contribution is 6.34. The average molecular weight is 309 g/mol. The van der Waals surface area contributed by atoms with Gasteiger partial charge in [-0.05, 0) is 36.8 Å². The van der Waals surface area contributed by atoms with E-state index in [9.17, 15) is 9.18 Å². The molecular weight excluding hydrogens is 295 g/mol. The summed E-state index contributed by atoms with van der Waals surface area (Å²) in [6.45, 7) is 1.40. The number of nitrogen functional groups attached to an aromatic ring is 1. The third-order valence-electron chi connectivity index (χ3n) is 2.78. The number of rotatable bonds is 4. The lowest BCUT2D eigenvalue weighted by Gasteiger charge is -2.09. The smallest absolute Gasteiger partial charge is 0.262 e. The summed E-state index contributed by atoms with van der Waals surface area (Å²) in [5, 5.41) is 2.93. The minimum atomic E-state index is -0.400. The van der Waals surface area contributed by atoms with E-state index in [0.717, 1.165) is 0 Å². The number of hydrogen-bond acceptors (Lipinski definition) is 3. The van der Waals surface area contributed by atoms with Crippen molar-refractivity contribution in [1.82, 2.24) is 0 Å². The van der Waals surface area contributed by atoms with Crippen molar-refractivity contribution in [2.45, 2.75) is 6.92 Å². The molecule has 0 saturated carbocycles. The van der Waals surface area contributed by atoms with Crippen molar-refractivity contribution in [3.63, 3.8) is 0 Å². The number of ether oxygens (including phenoxy) is 1. The van der Waals surface area contributed by atoms with Gasteiger partial charge in [0.2, 0.25) is 0 Å². The lowest BCUT2D eigenvalue weighted by Crippen LogP contribution is -2.20. The van der Waals surface area contributed by atoms with Crippen LogP contribution in [0.5, 0.6) is 5.75 Å². The average Bonchev–Trinajstić information content (AvgIpc) is 2.43. The number of aryl methyl sites for hydroxylation is 1. The van der Waals surface area contributed by atoms with E-state index in [4.69, 9.17) is 22.1 Å². The number of benzene rings is 2. The van der Waals surface area contributed by atoms with Gasteiger partial charge >= 0.3 is 0 Å². The largest absolute Gasteiger partial charge is 0.484 e. The van der Waals surface area contributed by atoms with Crippen LogP contribution >= 0.6 is 11.6 Å². The Morgan fingerprint density at radius 1 is 1.33 bits per heavy atom. The minimum absolute atomic E-state index is 0.247. The maximum atomic E-state index is 13.3. The number of amides is 1. The van der Waals surface area contributed by atoms with Crippen molar-refractivity contribution in [1.29, 1.82) is 0 Å². The zero-order chi connectivity index (χ0) is 15.4. The molecule has 110 valence electrons. The lowest BCUT2D eigenvalue weighted by atomic mass is 10.2. The molecule has 0 fully saturated rings. The Hall–Kier alpha value is -2.27. The molecule has 0 aliphatic rings. The van der Waals surface area contributed by atoms with Crippen LogP contribution in [0.2, 0.25) is 5.02 Å². The van der Waals surface area contributed by atoms with Crippen LogP contribution in [-0.2, 0) is 4.79 Å². The Bertz CT molecular complexity index is 677. The van der Waals surface area contributed by atoms with Gasteiger partial charge in [0.05, 0.1) is 10.7 Å². The topological polar surface area (TPSA) is 64.3 Å². The molecule has 0 saturated heterocycles. The standard InChI is InChI=1S/C15H14ClFN2O2/c1-9-2-4-11(7-13(9)17)21-8-15(20)19-14-5-3-10(18)6-12(14)16/h2-7H,8,18H2,1H3,(H,19,20). The Labute approximate surface area is 126 Å². The lowest BCUT2D eigenvalue weighted by molar-refractivity contribution is -0.118. The highest BCUT2D eigenvalue weighted by atomic mass is 35.5. The molecule has 0 spiro atoms. The zero-order valence-corrected chi connectivity index (χ0v) is 12.1. The number of anilines is 2. The first-order valence-corrected chi connectivity index (χ1v) is 6.57. The van der Waals surface area contributed by atoms with Crippen molar-refractivity contribution >= 4 is 28.9 Å². The Morgan fingerprint density at radius 2 is 2.10 bits per heavy atom. The predicted molar refractivity (Wildman–Crippen MR) is 81.1 cm³/mol. The van der Waals surface area contributed by atoms with Gasteiger partial charge in [-0.15, -0.1) is 0 Å². The highest BCUT2D eigenvalue weighted by Crippen LogP contribution is 2.24. The first-order valence-electron chi connectivity index (χ1n) is 6.19. The van der Waals surface area contributed by atoms with Gasteiger partial charge in [-0.1, -0.05) is 17.7 Å². The van der Waals surface area contributed by atoms with Crippen molar-refractivity contribution in [3.05, 3.63) is 52.8 Å². The molecule has 2 rings (SSSR count). The molecule has 0 heterocycles. The van der Waals surface area contributed by atoms with E-state index in [1.54, 1.807) is 31.2 Å². The first-order chi connectivity index (χ1) is 9.95. The molecule has 0 aliphatic carbocycles. The summed E-state index contributed by atoms with van der Waals surface area (Å²) in [6, 6.07) is 9.17.